The van der Waals surface area contributed by atoms with E-state index in [4.69, 9.17) is 4.74 Å². The van der Waals surface area contributed by atoms with Crippen LogP contribution in [0.1, 0.15) is 50.2 Å². The maximum atomic E-state index is 13.4. The minimum atomic E-state index is -1.19. The van der Waals surface area contributed by atoms with E-state index in [0.29, 0.717) is 30.7 Å². The number of benzene rings is 1. The van der Waals surface area contributed by atoms with Gasteiger partial charge in [-0.1, -0.05) is 13.0 Å². The normalized spacial score (nSPS) is 24.2. The molecule has 1 aromatic carbocycles. The van der Waals surface area contributed by atoms with Crippen LogP contribution in [0, 0.1) is 6.92 Å². The standard InChI is InChI=1S/C22H31N3O5/c1-4-22(16-8-9-18(30-3)15(2)13-16)20(28)25(21(29)23-22)14-19(27)24-11-6-5-7-17(24)10-12-26/h8-9,13,17,26H,4-7,10-12,14H2,1-3H3,(H,23,29). The molecule has 2 aliphatic rings. The number of aliphatic hydroxyl groups excluding tert-OH is 1. The lowest BCUT2D eigenvalue weighted by molar-refractivity contribution is -0.141. The number of methoxy groups -OCH3 is 1. The van der Waals surface area contributed by atoms with Crippen molar-refractivity contribution < 1.29 is 24.2 Å². The van der Waals surface area contributed by atoms with Crippen LogP contribution in [0.4, 0.5) is 4.79 Å². The second kappa shape index (κ2) is 9.04. The number of amides is 4. The Kier molecular flexibility index (Phi) is 6.65. The lowest BCUT2D eigenvalue weighted by Crippen LogP contribution is -2.50. The predicted molar refractivity (Wildman–Crippen MR) is 111 cm³/mol. The molecule has 2 unspecified atom stereocenters. The molecule has 0 radical (unpaired) electrons. The third-order valence-electron chi connectivity index (χ3n) is 6.30. The summed E-state index contributed by atoms with van der Waals surface area (Å²) in [4.78, 5) is 41.8. The minimum Gasteiger partial charge on any atom is -0.496 e. The summed E-state index contributed by atoms with van der Waals surface area (Å²) in [6, 6.07) is 4.80. The summed E-state index contributed by atoms with van der Waals surface area (Å²) in [6.07, 6.45) is 3.60. The SMILES string of the molecule is CCC1(c2ccc(OC)c(C)c2)NC(=O)N(CC(=O)N2CCCCC2CCO)C1=O. The zero-order valence-corrected chi connectivity index (χ0v) is 17.9. The highest BCUT2D eigenvalue weighted by Crippen LogP contribution is 2.35. The Hall–Kier alpha value is -2.61. The number of hydrogen-bond acceptors (Lipinski definition) is 5. The van der Waals surface area contributed by atoms with Crippen molar-refractivity contribution in [1.82, 2.24) is 15.1 Å². The highest BCUT2D eigenvalue weighted by atomic mass is 16.5. The van der Waals surface area contributed by atoms with Gasteiger partial charge in [-0.3, -0.25) is 14.5 Å². The monoisotopic (exact) mass is 417 g/mol. The van der Waals surface area contributed by atoms with Crippen LogP contribution in [0.5, 0.6) is 5.75 Å². The molecule has 0 saturated carbocycles. The van der Waals surface area contributed by atoms with E-state index in [1.165, 1.54) is 0 Å². The fraction of sp³-hybridized carbons (Fsp3) is 0.591. The molecule has 0 spiro atoms. The van der Waals surface area contributed by atoms with E-state index in [0.717, 1.165) is 29.7 Å². The number of nitrogens with one attached hydrogen (secondary N) is 1. The van der Waals surface area contributed by atoms with Gasteiger partial charge in [0.2, 0.25) is 5.91 Å². The molecule has 8 nitrogen and oxygen atoms in total. The number of ether oxygens (including phenoxy) is 1. The molecule has 2 heterocycles. The summed E-state index contributed by atoms with van der Waals surface area (Å²) in [6.45, 7) is 4.03. The quantitative estimate of drug-likeness (QED) is 0.661. The van der Waals surface area contributed by atoms with Crippen LogP contribution in [0.15, 0.2) is 18.2 Å². The van der Waals surface area contributed by atoms with E-state index >= 15 is 0 Å². The van der Waals surface area contributed by atoms with Gasteiger partial charge in [0.1, 0.15) is 17.8 Å². The van der Waals surface area contributed by atoms with Gasteiger partial charge >= 0.3 is 6.03 Å². The largest absolute Gasteiger partial charge is 0.496 e. The maximum Gasteiger partial charge on any atom is 0.325 e. The summed E-state index contributed by atoms with van der Waals surface area (Å²) in [5, 5.41) is 12.1. The number of aliphatic hydroxyl groups is 1. The van der Waals surface area contributed by atoms with Crippen molar-refractivity contribution in [1.29, 1.82) is 0 Å². The molecule has 30 heavy (non-hydrogen) atoms. The van der Waals surface area contributed by atoms with Gasteiger partial charge < -0.3 is 20.1 Å². The molecule has 2 atom stereocenters. The van der Waals surface area contributed by atoms with Gasteiger partial charge in [-0.25, -0.2) is 4.79 Å². The van der Waals surface area contributed by atoms with Crippen LogP contribution in [0.25, 0.3) is 0 Å². The van der Waals surface area contributed by atoms with Gasteiger partial charge in [0, 0.05) is 19.2 Å². The molecule has 8 heteroatoms. The van der Waals surface area contributed by atoms with E-state index in [2.05, 4.69) is 5.32 Å². The number of aryl methyl sites for hydroxylation is 1. The Labute approximate surface area is 177 Å². The fourth-order valence-corrected chi connectivity index (χ4v) is 4.56. The molecule has 2 N–H and O–H groups in total. The number of hydrogen-bond donors (Lipinski definition) is 2. The Morgan fingerprint density at radius 3 is 2.73 bits per heavy atom. The zero-order valence-electron chi connectivity index (χ0n) is 17.9. The predicted octanol–water partition coefficient (Wildman–Crippen LogP) is 1.92. The third kappa shape index (κ3) is 3.88. The van der Waals surface area contributed by atoms with Crippen LogP contribution in [-0.2, 0) is 15.1 Å². The first-order valence-electron chi connectivity index (χ1n) is 10.6. The molecule has 0 bridgehead atoms. The van der Waals surface area contributed by atoms with E-state index in [1.54, 1.807) is 24.1 Å². The summed E-state index contributed by atoms with van der Waals surface area (Å²) in [7, 11) is 1.58. The molecule has 1 aromatic rings. The number of piperidine rings is 1. The van der Waals surface area contributed by atoms with Crippen LogP contribution in [0.3, 0.4) is 0 Å². The second-order valence-corrected chi connectivity index (χ2v) is 8.01. The molecule has 2 fully saturated rings. The van der Waals surface area contributed by atoms with Crippen LogP contribution in [0.2, 0.25) is 0 Å². The van der Waals surface area contributed by atoms with Gasteiger partial charge in [0.25, 0.3) is 5.91 Å². The number of carbonyl (C=O) groups is 3. The minimum absolute atomic E-state index is 0.00729. The maximum absolute atomic E-state index is 13.4. The average molecular weight is 418 g/mol. The number of imide groups is 1. The fourth-order valence-electron chi connectivity index (χ4n) is 4.56. The Bertz CT molecular complexity index is 825. The van der Waals surface area contributed by atoms with E-state index in [-0.39, 0.29) is 25.1 Å². The smallest absolute Gasteiger partial charge is 0.325 e. The lowest BCUT2D eigenvalue weighted by Gasteiger charge is -2.36. The second-order valence-electron chi connectivity index (χ2n) is 8.01. The zero-order chi connectivity index (χ0) is 21.9. The summed E-state index contributed by atoms with van der Waals surface area (Å²) < 4.78 is 5.30. The van der Waals surface area contributed by atoms with Gasteiger partial charge in [-0.05, 0) is 62.3 Å². The van der Waals surface area contributed by atoms with E-state index < -0.39 is 17.5 Å². The van der Waals surface area contributed by atoms with Crippen molar-refractivity contribution >= 4 is 17.8 Å². The van der Waals surface area contributed by atoms with Crippen molar-refractivity contribution in [2.75, 3.05) is 26.8 Å². The van der Waals surface area contributed by atoms with Crippen molar-refractivity contribution in [2.24, 2.45) is 0 Å². The summed E-state index contributed by atoms with van der Waals surface area (Å²) >= 11 is 0. The van der Waals surface area contributed by atoms with Gasteiger partial charge in [-0.15, -0.1) is 0 Å². The van der Waals surface area contributed by atoms with Gasteiger partial charge in [0.05, 0.1) is 7.11 Å². The van der Waals surface area contributed by atoms with E-state index in [9.17, 15) is 19.5 Å². The molecular weight excluding hydrogens is 386 g/mol. The Morgan fingerprint density at radius 2 is 2.10 bits per heavy atom. The van der Waals surface area contributed by atoms with Gasteiger partial charge in [-0.2, -0.15) is 0 Å². The highest BCUT2D eigenvalue weighted by molar-refractivity contribution is 6.09. The van der Waals surface area contributed by atoms with Crippen LogP contribution < -0.4 is 10.1 Å². The molecule has 4 amide bonds. The van der Waals surface area contributed by atoms with Crippen LogP contribution >= 0.6 is 0 Å². The molecule has 2 aliphatic heterocycles. The highest BCUT2D eigenvalue weighted by Gasteiger charge is 2.52. The van der Waals surface area contributed by atoms with Crippen molar-refractivity contribution in [3.63, 3.8) is 0 Å². The average Bonchev–Trinajstić information content (AvgIpc) is 2.99. The van der Waals surface area contributed by atoms with Crippen LogP contribution in [-0.4, -0.2) is 65.6 Å². The molecule has 3 rings (SSSR count). The number of likely N-dealkylation sites (tertiary alicyclic amines) is 1. The third-order valence-corrected chi connectivity index (χ3v) is 6.30. The first-order chi connectivity index (χ1) is 14.4. The Morgan fingerprint density at radius 1 is 1.33 bits per heavy atom. The first kappa shape index (κ1) is 22.1. The number of urea groups is 1. The summed E-state index contributed by atoms with van der Waals surface area (Å²) in [5.74, 6) is 0.0342. The van der Waals surface area contributed by atoms with Gasteiger partial charge in [0.15, 0.2) is 0 Å². The Balaban J connectivity index is 1.82. The molecule has 0 aromatic heterocycles. The number of carbonyl (C=O) groups excluding carboxylic acids is 3. The molecule has 2 saturated heterocycles. The molecular formula is C22H31N3O5. The first-order valence-corrected chi connectivity index (χ1v) is 10.6. The number of nitrogens with zero attached hydrogens (tertiary/aromatic N) is 2. The van der Waals surface area contributed by atoms with Crippen molar-refractivity contribution in [3.8, 4) is 5.75 Å². The molecule has 0 aliphatic carbocycles. The van der Waals surface area contributed by atoms with Crippen molar-refractivity contribution in [2.45, 2.75) is 57.5 Å². The lowest BCUT2D eigenvalue weighted by atomic mass is 9.86. The van der Waals surface area contributed by atoms with E-state index in [1.807, 2.05) is 19.9 Å². The molecule has 164 valence electrons. The van der Waals surface area contributed by atoms with Crippen molar-refractivity contribution in [3.05, 3.63) is 29.3 Å². The summed E-state index contributed by atoms with van der Waals surface area (Å²) in [5.41, 5.74) is 0.341. The number of rotatable bonds is 7. The topological polar surface area (TPSA) is 99.2 Å².